The van der Waals surface area contributed by atoms with E-state index in [0.717, 1.165) is 5.75 Å². The number of benzene rings is 1. The van der Waals surface area contributed by atoms with Crippen LogP contribution in [0.5, 0.6) is 5.75 Å². The molecule has 0 heterocycles. The van der Waals surface area contributed by atoms with E-state index in [1.165, 1.54) is 0 Å². The van der Waals surface area contributed by atoms with Gasteiger partial charge in [-0.15, -0.1) is 0 Å². The van der Waals surface area contributed by atoms with Crippen molar-refractivity contribution in [1.82, 2.24) is 5.32 Å². The van der Waals surface area contributed by atoms with Crippen molar-refractivity contribution in [2.75, 3.05) is 6.54 Å². The Bertz CT molecular complexity index is 484. The van der Waals surface area contributed by atoms with Gasteiger partial charge in [0.1, 0.15) is 11.4 Å². The van der Waals surface area contributed by atoms with E-state index in [4.69, 9.17) is 4.74 Å². The molecule has 2 N–H and O–H groups in total. The van der Waals surface area contributed by atoms with Crippen LogP contribution in [0.25, 0.3) is 0 Å². The number of aliphatic hydroxyl groups is 1. The summed E-state index contributed by atoms with van der Waals surface area (Å²) < 4.78 is 5.73. The van der Waals surface area contributed by atoms with Crippen molar-refractivity contribution >= 4 is 5.91 Å². The van der Waals surface area contributed by atoms with Gasteiger partial charge in [-0.2, -0.15) is 0 Å². The van der Waals surface area contributed by atoms with Crippen molar-refractivity contribution in [2.24, 2.45) is 5.41 Å². The predicted octanol–water partition coefficient (Wildman–Crippen LogP) is 3.39. The lowest BCUT2D eigenvalue weighted by molar-refractivity contribution is 0.0902. The molecule has 22 heavy (non-hydrogen) atoms. The minimum absolute atomic E-state index is 0.110. The molecule has 0 aromatic heterocycles. The van der Waals surface area contributed by atoms with E-state index in [1.54, 1.807) is 31.2 Å². The van der Waals surface area contributed by atoms with Gasteiger partial charge in [0, 0.05) is 12.1 Å². The minimum atomic E-state index is -0.374. The molecule has 0 spiro atoms. The third-order valence-electron chi connectivity index (χ3n) is 3.12. The summed E-state index contributed by atoms with van der Waals surface area (Å²) in [4.78, 5) is 12.2. The number of hydrogen-bond donors (Lipinski definition) is 2. The molecular weight excluding hydrogens is 278 g/mol. The molecule has 0 saturated carbocycles. The first-order valence-corrected chi connectivity index (χ1v) is 7.74. The largest absolute Gasteiger partial charge is 0.488 e. The Kier molecular flexibility index (Phi) is 6.00. The normalized spacial score (nSPS) is 13.6. The molecule has 1 unspecified atom stereocenters. The molecule has 0 bridgehead atoms. The Balaban J connectivity index is 2.59. The van der Waals surface area contributed by atoms with E-state index in [2.05, 4.69) is 5.32 Å². The van der Waals surface area contributed by atoms with Crippen molar-refractivity contribution in [1.29, 1.82) is 0 Å². The van der Waals surface area contributed by atoms with Gasteiger partial charge in [0.2, 0.25) is 0 Å². The van der Waals surface area contributed by atoms with Gasteiger partial charge >= 0.3 is 0 Å². The van der Waals surface area contributed by atoms with Crippen LogP contribution in [0.15, 0.2) is 24.3 Å². The average molecular weight is 307 g/mol. The average Bonchev–Trinajstić information content (AvgIpc) is 2.33. The molecule has 1 rings (SSSR count). The first-order chi connectivity index (χ1) is 9.98. The summed E-state index contributed by atoms with van der Waals surface area (Å²) in [5, 5.41) is 12.4. The predicted molar refractivity (Wildman–Crippen MR) is 89.2 cm³/mol. The molecule has 0 aliphatic carbocycles. The zero-order chi connectivity index (χ0) is 17.0. The van der Waals surface area contributed by atoms with E-state index < -0.39 is 0 Å². The fraction of sp³-hybridized carbons (Fsp3) is 0.611. The van der Waals surface area contributed by atoms with Crippen molar-refractivity contribution in [3.8, 4) is 5.75 Å². The van der Waals surface area contributed by atoms with Gasteiger partial charge in [-0.1, -0.05) is 13.8 Å². The smallest absolute Gasteiger partial charge is 0.251 e. The second-order valence-electron chi connectivity index (χ2n) is 7.64. The fourth-order valence-electron chi connectivity index (χ4n) is 2.32. The zero-order valence-corrected chi connectivity index (χ0v) is 14.6. The van der Waals surface area contributed by atoms with Gasteiger partial charge in [0.25, 0.3) is 5.91 Å². The highest BCUT2D eigenvalue weighted by Crippen LogP contribution is 2.22. The molecule has 0 radical (unpaired) electrons. The number of nitrogens with one attached hydrogen (secondary N) is 1. The maximum absolute atomic E-state index is 12.2. The molecule has 0 aliphatic heterocycles. The topological polar surface area (TPSA) is 58.6 Å². The maximum Gasteiger partial charge on any atom is 0.251 e. The number of ether oxygens (including phenoxy) is 1. The van der Waals surface area contributed by atoms with Crippen molar-refractivity contribution < 1.29 is 14.6 Å². The molecule has 4 heteroatoms. The van der Waals surface area contributed by atoms with Gasteiger partial charge in [-0.3, -0.25) is 4.79 Å². The number of carbonyl (C=O) groups excluding carboxylic acids is 1. The van der Waals surface area contributed by atoms with Gasteiger partial charge < -0.3 is 15.2 Å². The molecule has 1 atom stereocenters. The van der Waals surface area contributed by atoms with Gasteiger partial charge in [-0.25, -0.2) is 0 Å². The fourth-order valence-corrected chi connectivity index (χ4v) is 2.32. The molecule has 0 fully saturated rings. The zero-order valence-electron chi connectivity index (χ0n) is 14.6. The monoisotopic (exact) mass is 307 g/mol. The molecular formula is C18H29NO3. The summed E-state index contributed by atoms with van der Waals surface area (Å²) in [5.41, 5.74) is 0.211. The third kappa shape index (κ3) is 6.94. The summed E-state index contributed by atoms with van der Waals surface area (Å²) in [6.45, 7) is 12.3. The summed E-state index contributed by atoms with van der Waals surface area (Å²) in [7, 11) is 0. The number of hydrogen-bond acceptors (Lipinski definition) is 3. The number of amides is 1. The lowest BCUT2D eigenvalue weighted by atomic mass is 9.87. The summed E-state index contributed by atoms with van der Waals surface area (Å²) in [5.74, 6) is 0.638. The quantitative estimate of drug-likeness (QED) is 0.847. The molecule has 4 nitrogen and oxygen atoms in total. The first kappa shape index (κ1) is 18.5. The van der Waals surface area contributed by atoms with Crippen LogP contribution < -0.4 is 10.1 Å². The van der Waals surface area contributed by atoms with E-state index >= 15 is 0 Å². The molecule has 1 aromatic rings. The summed E-state index contributed by atoms with van der Waals surface area (Å²) in [6.07, 6.45) is 0.270. The van der Waals surface area contributed by atoms with E-state index in [9.17, 15) is 9.90 Å². The molecule has 124 valence electrons. The lowest BCUT2D eigenvalue weighted by Crippen LogP contribution is -2.35. The third-order valence-corrected chi connectivity index (χ3v) is 3.12. The van der Waals surface area contributed by atoms with E-state index in [1.807, 2.05) is 34.6 Å². The standard InChI is InChI=1S/C18H29NO3/c1-13(20)11-18(5,6)12-19-16(21)14-7-9-15(10-8-14)22-17(2,3)4/h7-10,13,20H,11-12H2,1-6H3,(H,19,21). The molecule has 1 aromatic carbocycles. The Hall–Kier alpha value is -1.55. The first-order valence-electron chi connectivity index (χ1n) is 7.74. The van der Waals surface area contributed by atoms with Crippen molar-refractivity contribution in [3.05, 3.63) is 29.8 Å². The van der Waals surface area contributed by atoms with Crippen LogP contribution in [0.3, 0.4) is 0 Å². The Morgan fingerprint density at radius 2 is 1.73 bits per heavy atom. The summed E-state index contributed by atoms with van der Waals surface area (Å²) >= 11 is 0. The van der Waals surface area contributed by atoms with Crippen LogP contribution in [0.4, 0.5) is 0 Å². The van der Waals surface area contributed by atoms with Gasteiger partial charge in [0.05, 0.1) is 6.10 Å². The highest BCUT2D eigenvalue weighted by Gasteiger charge is 2.21. The van der Waals surface area contributed by atoms with E-state index in [-0.39, 0.29) is 23.0 Å². The van der Waals surface area contributed by atoms with Crippen LogP contribution in [0.2, 0.25) is 0 Å². The minimum Gasteiger partial charge on any atom is -0.488 e. The highest BCUT2D eigenvalue weighted by atomic mass is 16.5. The second kappa shape index (κ2) is 7.14. The summed E-state index contributed by atoms with van der Waals surface area (Å²) in [6, 6.07) is 7.14. The van der Waals surface area contributed by atoms with Crippen LogP contribution in [0.1, 0.15) is 58.3 Å². The molecule has 1 amide bonds. The second-order valence-corrected chi connectivity index (χ2v) is 7.64. The van der Waals surface area contributed by atoms with Gasteiger partial charge in [-0.05, 0) is 63.8 Å². The highest BCUT2D eigenvalue weighted by molar-refractivity contribution is 5.94. The van der Waals surface area contributed by atoms with Crippen molar-refractivity contribution in [3.63, 3.8) is 0 Å². The van der Waals surface area contributed by atoms with Crippen LogP contribution >= 0.6 is 0 Å². The van der Waals surface area contributed by atoms with E-state index in [0.29, 0.717) is 18.5 Å². The van der Waals surface area contributed by atoms with Crippen LogP contribution in [0, 0.1) is 5.41 Å². The number of rotatable bonds is 6. The number of aliphatic hydroxyl groups excluding tert-OH is 1. The van der Waals surface area contributed by atoms with Crippen LogP contribution in [-0.4, -0.2) is 29.3 Å². The number of carbonyl (C=O) groups is 1. The molecule has 0 saturated heterocycles. The van der Waals surface area contributed by atoms with Crippen LogP contribution in [-0.2, 0) is 0 Å². The SMILES string of the molecule is CC(O)CC(C)(C)CNC(=O)c1ccc(OC(C)(C)C)cc1. The Morgan fingerprint density at radius 3 is 2.18 bits per heavy atom. The molecule has 0 aliphatic rings. The Labute approximate surface area is 133 Å². The Morgan fingerprint density at radius 1 is 1.18 bits per heavy atom. The lowest BCUT2D eigenvalue weighted by Gasteiger charge is -2.26. The van der Waals surface area contributed by atoms with Gasteiger partial charge in [0.15, 0.2) is 0 Å². The van der Waals surface area contributed by atoms with Crippen molar-refractivity contribution in [2.45, 2.75) is 59.7 Å². The maximum atomic E-state index is 12.2.